The van der Waals surface area contributed by atoms with Crippen LogP contribution in [0.15, 0.2) is 54.6 Å². The molecule has 5 nitrogen and oxygen atoms in total. The highest BCUT2D eigenvalue weighted by molar-refractivity contribution is 7.91. The lowest BCUT2D eigenvalue weighted by Gasteiger charge is -2.28. The van der Waals surface area contributed by atoms with E-state index < -0.39 is 21.9 Å². The average Bonchev–Trinajstić information content (AvgIpc) is 2.93. The predicted octanol–water partition coefficient (Wildman–Crippen LogP) is 3.05. The molecule has 2 aromatic carbocycles. The molecule has 1 atom stereocenters. The number of hydrogen-bond acceptors (Lipinski definition) is 3. The van der Waals surface area contributed by atoms with Gasteiger partial charge in [-0.25, -0.2) is 17.6 Å². The van der Waals surface area contributed by atoms with Gasteiger partial charge in [-0.15, -0.1) is 0 Å². The number of para-hydroxylation sites is 1. The second kappa shape index (κ2) is 7.23. The van der Waals surface area contributed by atoms with Gasteiger partial charge in [-0.2, -0.15) is 0 Å². The highest BCUT2D eigenvalue weighted by Gasteiger charge is 2.34. The maximum absolute atomic E-state index is 13.5. The Bertz CT molecular complexity index is 856. The monoisotopic (exact) mass is 362 g/mol. The molecule has 2 aromatic rings. The first-order valence-corrected chi connectivity index (χ1v) is 9.83. The quantitative estimate of drug-likeness (QED) is 0.909. The maximum Gasteiger partial charge on any atom is 0.322 e. The molecule has 1 unspecified atom stereocenters. The van der Waals surface area contributed by atoms with Crippen LogP contribution in [0.3, 0.4) is 0 Å². The number of benzene rings is 2. The van der Waals surface area contributed by atoms with E-state index in [2.05, 4.69) is 5.32 Å². The van der Waals surface area contributed by atoms with E-state index in [1.54, 1.807) is 36.4 Å². The Morgan fingerprint density at radius 3 is 2.56 bits per heavy atom. The number of carbonyl (C=O) groups is 1. The smallest absolute Gasteiger partial charge is 0.316 e. The summed E-state index contributed by atoms with van der Waals surface area (Å²) in [6.07, 6.45) is 0.389. The zero-order valence-corrected chi connectivity index (χ0v) is 14.4. The van der Waals surface area contributed by atoms with Gasteiger partial charge in [0.25, 0.3) is 0 Å². The number of carbonyl (C=O) groups excluding carboxylic acids is 1. The van der Waals surface area contributed by atoms with Gasteiger partial charge in [0.15, 0.2) is 9.84 Å². The number of hydrogen-bond donors (Lipinski definition) is 1. The topological polar surface area (TPSA) is 66.5 Å². The first kappa shape index (κ1) is 17.4. The van der Waals surface area contributed by atoms with Crippen LogP contribution in [0.4, 0.5) is 14.9 Å². The number of anilines is 1. The highest BCUT2D eigenvalue weighted by atomic mass is 32.2. The summed E-state index contributed by atoms with van der Waals surface area (Å²) < 4.78 is 37.1. The third-order valence-corrected chi connectivity index (χ3v) is 5.93. The van der Waals surface area contributed by atoms with Crippen LogP contribution in [-0.2, 0) is 16.4 Å². The average molecular weight is 362 g/mol. The highest BCUT2D eigenvalue weighted by Crippen LogP contribution is 2.21. The van der Waals surface area contributed by atoms with Crippen molar-refractivity contribution in [2.45, 2.75) is 19.0 Å². The fourth-order valence-electron chi connectivity index (χ4n) is 2.94. The van der Waals surface area contributed by atoms with E-state index in [0.717, 1.165) is 0 Å². The van der Waals surface area contributed by atoms with Gasteiger partial charge >= 0.3 is 6.03 Å². The molecule has 0 aromatic heterocycles. The Morgan fingerprint density at radius 2 is 1.92 bits per heavy atom. The van der Waals surface area contributed by atoms with Crippen molar-refractivity contribution in [3.05, 3.63) is 66.0 Å². The van der Waals surface area contributed by atoms with Crippen LogP contribution in [0, 0.1) is 5.82 Å². The van der Waals surface area contributed by atoms with Crippen LogP contribution in [0.25, 0.3) is 0 Å². The van der Waals surface area contributed by atoms with Crippen molar-refractivity contribution >= 4 is 21.6 Å². The normalized spacial score (nSPS) is 18.7. The largest absolute Gasteiger partial charge is 0.322 e. The van der Waals surface area contributed by atoms with Gasteiger partial charge in [0, 0.05) is 18.3 Å². The lowest BCUT2D eigenvalue weighted by molar-refractivity contribution is 0.190. The molecule has 2 amide bonds. The van der Waals surface area contributed by atoms with Gasteiger partial charge in [-0.05, 0) is 36.2 Å². The number of sulfone groups is 1. The molecule has 1 saturated heterocycles. The molecular formula is C18H19FN2O3S. The molecule has 1 heterocycles. The van der Waals surface area contributed by atoms with Crippen molar-refractivity contribution in [1.29, 1.82) is 0 Å². The number of amides is 2. The van der Waals surface area contributed by atoms with Crippen LogP contribution in [-0.4, -0.2) is 36.9 Å². The van der Waals surface area contributed by atoms with Crippen molar-refractivity contribution in [1.82, 2.24) is 4.90 Å². The number of rotatable bonds is 4. The van der Waals surface area contributed by atoms with Crippen molar-refractivity contribution in [3.8, 4) is 0 Å². The molecule has 1 fully saturated rings. The van der Waals surface area contributed by atoms with Gasteiger partial charge < -0.3 is 10.2 Å². The first-order valence-electron chi connectivity index (χ1n) is 8.00. The molecule has 0 radical (unpaired) electrons. The lowest BCUT2D eigenvalue weighted by atomic mass is 10.1. The zero-order valence-electron chi connectivity index (χ0n) is 13.6. The van der Waals surface area contributed by atoms with E-state index in [1.807, 2.05) is 6.07 Å². The molecular weight excluding hydrogens is 343 g/mol. The number of nitrogens with zero attached hydrogens (tertiary/aromatic N) is 1. The van der Waals surface area contributed by atoms with Crippen LogP contribution < -0.4 is 5.32 Å². The number of urea groups is 1. The summed E-state index contributed by atoms with van der Waals surface area (Å²) in [5.74, 6) is -0.388. The summed E-state index contributed by atoms with van der Waals surface area (Å²) in [5.41, 5.74) is 1.24. The molecule has 1 aliphatic heterocycles. The van der Waals surface area contributed by atoms with Crippen molar-refractivity contribution < 1.29 is 17.6 Å². The molecule has 7 heteroatoms. The Labute approximate surface area is 146 Å². The number of halogens is 1. The first-order chi connectivity index (χ1) is 11.9. The van der Waals surface area contributed by atoms with E-state index in [0.29, 0.717) is 17.7 Å². The fourth-order valence-corrected chi connectivity index (χ4v) is 4.67. The lowest BCUT2D eigenvalue weighted by Crippen LogP contribution is -2.43. The van der Waals surface area contributed by atoms with Gasteiger partial charge in [-0.3, -0.25) is 0 Å². The minimum atomic E-state index is -3.14. The Kier molecular flexibility index (Phi) is 5.03. The maximum atomic E-state index is 13.5. The molecule has 0 spiro atoms. The zero-order chi connectivity index (χ0) is 17.9. The van der Waals surface area contributed by atoms with E-state index in [1.165, 1.54) is 17.0 Å². The summed E-state index contributed by atoms with van der Waals surface area (Å²) in [6.45, 7) is 0.149. The Hall–Kier alpha value is -2.41. The van der Waals surface area contributed by atoms with Crippen LogP contribution in [0.5, 0.6) is 0 Å². The second-order valence-corrected chi connectivity index (χ2v) is 8.34. The van der Waals surface area contributed by atoms with E-state index >= 15 is 0 Å². The molecule has 3 rings (SSSR count). The number of nitrogens with one attached hydrogen (secondary N) is 1. The van der Waals surface area contributed by atoms with E-state index in [4.69, 9.17) is 0 Å². The molecule has 0 bridgehead atoms. The minimum Gasteiger partial charge on any atom is -0.316 e. The molecule has 1 aliphatic rings. The molecule has 25 heavy (non-hydrogen) atoms. The Morgan fingerprint density at radius 1 is 1.16 bits per heavy atom. The standard InChI is InChI=1S/C18H19FN2O3S/c19-15-6-4-5-14(11-15)12-21(17-9-10-25(23,24)13-17)18(22)20-16-7-2-1-3-8-16/h1-8,11,17H,9-10,12-13H2,(H,20,22). The van der Waals surface area contributed by atoms with Gasteiger partial charge in [0.05, 0.1) is 11.5 Å². The van der Waals surface area contributed by atoms with Crippen LogP contribution in [0.1, 0.15) is 12.0 Å². The van der Waals surface area contributed by atoms with Crippen molar-refractivity contribution in [2.24, 2.45) is 0 Å². The Balaban J connectivity index is 1.82. The van der Waals surface area contributed by atoms with Crippen molar-refractivity contribution in [2.75, 3.05) is 16.8 Å². The van der Waals surface area contributed by atoms with Gasteiger partial charge in [0.1, 0.15) is 5.82 Å². The minimum absolute atomic E-state index is 0.0650. The molecule has 0 saturated carbocycles. The molecule has 0 aliphatic carbocycles. The third kappa shape index (κ3) is 4.57. The summed E-state index contributed by atoms with van der Waals surface area (Å²) in [7, 11) is -3.14. The van der Waals surface area contributed by atoms with E-state index in [9.17, 15) is 17.6 Å². The van der Waals surface area contributed by atoms with Crippen molar-refractivity contribution in [3.63, 3.8) is 0 Å². The summed E-state index contributed by atoms with van der Waals surface area (Å²) in [5, 5.41) is 2.78. The summed E-state index contributed by atoms with van der Waals surface area (Å²) >= 11 is 0. The van der Waals surface area contributed by atoms with Gasteiger partial charge in [0.2, 0.25) is 0 Å². The van der Waals surface area contributed by atoms with E-state index in [-0.39, 0.29) is 23.9 Å². The van der Waals surface area contributed by atoms with Crippen LogP contribution in [0.2, 0.25) is 0 Å². The van der Waals surface area contributed by atoms with Crippen LogP contribution >= 0.6 is 0 Å². The third-order valence-electron chi connectivity index (χ3n) is 4.18. The summed E-state index contributed by atoms with van der Waals surface area (Å²) in [4.78, 5) is 14.2. The van der Waals surface area contributed by atoms with Gasteiger partial charge in [-0.1, -0.05) is 30.3 Å². The SMILES string of the molecule is O=C(Nc1ccccc1)N(Cc1cccc(F)c1)C1CCS(=O)(=O)C1. The second-order valence-electron chi connectivity index (χ2n) is 6.11. The predicted molar refractivity (Wildman–Crippen MR) is 94.5 cm³/mol. The molecule has 132 valence electrons. The molecule has 1 N–H and O–H groups in total. The fraction of sp³-hybridized carbons (Fsp3) is 0.278. The summed E-state index contributed by atoms with van der Waals surface area (Å²) in [6, 6.07) is 14.1.